The molecule has 24 heavy (non-hydrogen) atoms. The molecular formula is C18H15ClN2O3. The molecule has 3 rings (SSSR count). The molecule has 0 bridgehead atoms. The van der Waals surface area contributed by atoms with E-state index < -0.39 is 0 Å². The van der Waals surface area contributed by atoms with Crippen LogP contribution in [0.15, 0.2) is 48.5 Å². The van der Waals surface area contributed by atoms with Crippen LogP contribution in [-0.4, -0.2) is 25.5 Å². The lowest BCUT2D eigenvalue weighted by Crippen LogP contribution is -2.35. The highest BCUT2D eigenvalue weighted by Crippen LogP contribution is 2.33. The molecule has 0 unspecified atom stereocenters. The van der Waals surface area contributed by atoms with E-state index in [0.717, 1.165) is 5.56 Å². The van der Waals surface area contributed by atoms with Crippen molar-refractivity contribution < 1.29 is 14.3 Å². The largest absolute Gasteiger partial charge is 0.482 e. The minimum atomic E-state index is -0.268. The lowest BCUT2D eigenvalue weighted by atomic mass is 10.2. The van der Waals surface area contributed by atoms with E-state index in [1.165, 1.54) is 11.0 Å². The minimum absolute atomic E-state index is 0.0268. The fourth-order valence-electron chi connectivity index (χ4n) is 2.28. The summed E-state index contributed by atoms with van der Waals surface area (Å²) in [7, 11) is 1.68. The topological polar surface area (TPSA) is 58.6 Å². The fourth-order valence-corrected chi connectivity index (χ4v) is 2.41. The normalized spacial score (nSPS) is 13.6. The molecule has 0 saturated heterocycles. The Hall–Kier alpha value is -2.79. The van der Waals surface area contributed by atoms with Gasteiger partial charge in [0.1, 0.15) is 5.75 Å². The smallest absolute Gasteiger partial charge is 0.264 e. The molecular weight excluding hydrogens is 328 g/mol. The number of anilines is 2. The second-order valence-corrected chi connectivity index (χ2v) is 5.73. The number of rotatable bonds is 3. The Labute approximate surface area is 144 Å². The number of likely N-dealkylation sites (N-methyl/N-ethyl adjacent to an activating group) is 1. The number of nitrogens with one attached hydrogen (secondary N) is 1. The predicted octanol–water partition coefficient (Wildman–Crippen LogP) is 3.35. The molecule has 6 heteroatoms. The van der Waals surface area contributed by atoms with Gasteiger partial charge in [-0.05, 0) is 42.0 Å². The molecule has 0 aliphatic carbocycles. The lowest BCUT2D eigenvalue weighted by Gasteiger charge is -2.26. The van der Waals surface area contributed by atoms with Gasteiger partial charge in [-0.3, -0.25) is 9.59 Å². The summed E-state index contributed by atoms with van der Waals surface area (Å²) >= 11 is 5.82. The van der Waals surface area contributed by atoms with Crippen molar-refractivity contribution in [3.8, 4) is 5.75 Å². The second-order valence-electron chi connectivity index (χ2n) is 5.30. The molecule has 122 valence electrons. The molecule has 2 aromatic rings. The first-order chi connectivity index (χ1) is 11.5. The molecule has 0 saturated carbocycles. The second kappa shape index (κ2) is 6.76. The fraction of sp³-hybridized carbons (Fsp3) is 0.111. The van der Waals surface area contributed by atoms with E-state index in [1.807, 2.05) is 12.1 Å². The summed E-state index contributed by atoms with van der Waals surface area (Å²) in [6.07, 6.45) is 3.14. The van der Waals surface area contributed by atoms with Gasteiger partial charge in [0.25, 0.3) is 5.91 Å². The van der Waals surface area contributed by atoms with Gasteiger partial charge in [-0.2, -0.15) is 0 Å². The monoisotopic (exact) mass is 342 g/mol. The predicted molar refractivity (Wildman–Crippen MR) is 94.5 cm³/mol. The summed E-state index contributed by atoms with van der Waals surface area (Å²) in [5.74, 6) is 0.219. The Kier molecular flexibility index (Phi) is 4.53. The van der Waals surface area contributed by atoms with E-state index in [2.05, 4.69) is 5.32 Å². The van der Waals surface area contributed by atoms with E-state index in [0.29, 0.717) is 22.1 Å². The van der Waals surface area contributed by atoms with Crippen LogP contribution in [-0.2, 0) is 9.59 Å². The van der Waals surface area contributed by atoms with Gasteiger partial charge in [0.15, 0.2) is 6.61 Å². The average molecular weight is 343 g/mol. The van der Waals surface area contributed by atoms with Crippen molar-refractivity contribution >= 4 is 40.9 Å². The van der Waals surface area contributed by atoms with Crippen LogP contribution in [0.25, 0.3) is 6.08 Å². The zero-order valence-corrected chi connectivity index (χ0v) is 13.7. The van der Waals surface area contributed by atoms with E-state index in [-0.39, 0.29) is 18.4 Å². The molecule has 2 aromatic carbocycles. The maximum atomic E-state index is 12.0. The number of hydrogen-bond acceptors (Lipinski definition) is 3. The van der Waals surface area contributed by atoms with Crippen LogP contribution in [0.3, 0.4) is 0 Å². The molecule has 1 aliphatic heterocycles. The number of amides is 2. The van der Waals surface area contributed by atoms with Crippen LogP contribution in [0, 0.1) is 0 Å². The van der Waals surface area contributed by atoms with Crippen molar-refractivity contribution in [2.24, 2.45) is 0 Å². The van der Waals surface area contributed by atoms with E-state index in [4.69, 9.17) is 16.3 Å². The highest BCUT2D eigenvalue weighted by molar-refractivity contribution is 6.30. The van der Waals surface area contributed by atoms with Crippen LogP contribution in [0.5, 0.6) is 5.75 Å². The highest BCUT2D eigenvalue weighted by atomic mass is 35.5. The molecule has 5 nitrogen and oxygen atoms in total. The third kappa shape index (κ3) is 3.58. The van der Waals surface area contributed by atoms with Gasteiger partial charge in [0.2, 0.25) is 5.91 Å². The standard InChI is InChI=1S/C18H15ClN2O3/c1-21-15-10-14(7-8-16(15)24-11-18(21)23)20-17(22)9-4-12-2-5-13(19)6-3-12/h2-10H,11H2,1H3,(H,20,22)/b9-4+. The molecule has 0 atom stereocenters. The number of carbonyl (C=O) groups is 2. The maximum absolute atomic E-state index is 12.0. The first-order valence-corrected chi connectivity index (χ1v) is 7.69. The Morgan fingerprint density at radius 3 is 2.75 bits per heavy atom. The van der Waals surface area contributed by atoms with Gasteiger partial charge in [0.05, 0.1) is 5.69 Å². The van der Waals surface area contributed by atoms with Gasteiger partial charge < -0.3 is 15.0 Å². The van der Waals surface area contributed by atoms with Crippen molar-refractivity contribution in [1.29, 1.82) is 0 Å². The van der Waals surface area contributed by atoms with Gasteiger partial charge in [-0.1, -0.05) is 23.7 Å². The van der Waals surface area contributed by atoms with E-state index in [9.17, 15) is 9.59 Å². The number of fused-ring (bicyclic) bond motifs is 1. The Bertz CT molecular complexity index is 816. The molecule has 1 N–H and O–H groups in total. The summed E-state index contributed by atoms with van der Waals surface area (Å²) in [5, 5.41) is 3.41. The third-order valence-corrected chi connectivity index (χ3v) is 3.86. The molecule has 1 aliphatic rings. The summed E-state index contributed by atoms with van der Waals surface area (Å²) in [4.78, 5) is 25.2. The molecule has 0 spiro atoms. The summed E-state index contributed by atoms with van der Waals surface area (Å²) < 4.78 is 5.35. The Morgan fingerprint density at radius 2 is 2.00 bits per heavy atom. The van der Waals surface area contributed by atoms with Crippen molar-refractivity contribution in [3.05, 3.63) is 59.1 Å². The summed E-state index contributed by atoms with van der Waals surface area (Å²) in [6, 6.07) is 12.3. The first-order valence-electron chi connectivity index (χ1n) is 7.31. The molecule has 2 amide bonds. The molecule has 0 fully saturated rings. The number of hydrogen-bond donors (Lipinski definition) is 1. The number of nitrogens with zero attached hydrogens (tertiary/aromatic N) is 1. The van der Waals surface area contributed by atoms with Crippen LogP contribution in [0.1, 0.15) is 5.56 Å². The average Bonchev–Trinajstić information content (AvgIpc) is 2.58. The zero-order chi connectivity index (χ0) is 17.1. The van der Waals surface area contributed by atoms with E-state index >= 15 is 0 Å². The van der Waals surface area contributed by atoms with Gasteiger partial charge in [-0.15, -0.1) is 0 Å². The molecule has 0 aromatic heterocycles. The van der Waals surface area contributed by atoms with Crippen LogP contribution < -0.4 is 15.0 Å². The number of carbonyl (C=O) groups excluding carboxylic acids is 2. The molecule has 1 heterocycles. The minimum Gasteiger partial charge on any atom is -0.482 e. The summed E-state index contributed by atoms with van der Waals surface area (Å²) in [6.45, 7) is 0.0268. The molecule has 0 radical (unpaired) electrons. The van der Waals surface area contributed by atoms with Crippen molar-refractivity contribution in [3.63, 3.8) is 0 Å². The third-order valence-electron chi connectivity index (χ3n) is 3.61. The summed E-state index contributed by atoms with van der Waals surface area (Å²) in [5.41, 5.74) is 2.09. The van der Waals surface area contributed by atoms with Crippen molar-refractivity contribution in [2.45, 2.75) is 0 Å². The quantitative estimate of drug-likeness (QED) is 0.870. The number of ether oxygens (including phenoxy) is 1. The zero-order valence-electron chi connectivity index (χ0n) is 13.0. The van der Waals surface area contributed by atoms with Crippen molar-refractivity contribution in [2.75, 3.05) is 23.9 Å². The van der Waals surface area contributed by atoms with Gasteiger partial charge in [0, 0.05) is 23.8 Å². The first kappa shape index (κ1) is 16.1. The van der Waals surface area contributed by atoms with Gasteiger partial charge in [-0.25, -0.2) is 0 Å². The lowest BCUT2D eigenvalue weighted by molar-refractivity contribution is -0.121. The number of benzene rings is 2. The van der Waals surface area contributed by atoms with Crippen LogP contribution in [0.2, 0.25) is 5.02 Å². The van der Waals surface area contributed by atoms with Gasteiger partial charge >= 0.3 is 0 Å². The number of halogens is 1. The Balaban J connectivity index is 1.71. The van der Waals surface area contributed by atoms with E-state index in [1.54, 1.807) is 43.5 Å². The maximum Gasteiger partial charge on any atom is 0.264 e. The van der Waals surface area contributed by atoms with Crippen molar-refractivity contribution in [1.82, 2.24) is 0 Å². The van der Waals surface area contributed by atoms with Crippen LogP contribution in [0.4, 0.5) is 11.4 Å². The SMILES string of the molecule is CN1C(=O)COc2ccc(NC(=O)/C=C/c3ccc(Cl)cc3)cc21. The highest BCUT2D eigenvalue weighted by Gasteiger charge is 2.22. The Morgan fingerprint density at radius 1 is 1.25 bits per heavy atom. The van der Waals surface area contributed by atoms with Crippen LogP contribution >= 0.6 is 11.6 Å².